The summed E-state index contributed by atoms with van der Waals surface area (Å²) in [7, 11) is 0. The highest BCUT2D eigenvalue weighted by atomic mass is 16.5. The van der Waals surface area contributed by atoms with Gasteiger partial charge in [-0.25, -0.2) is 9.59 Å². The number of esters is 2. The molecule has 0 saturated heterocycles. The number of cyclic esters (lactones) is 1. The number of ether oxygens (including phenoxy) is 2. The van der Waals surface area contributed by atoms with Crippen LogP contribution in [0, 0.1) is 11.8 Å². The van der Waals surface area contributed by atoms with Gasteiger partial charge in [0, 0.05) is 18.5 Å². The first-order valence-corrected chi connectivity index (χ1v) is 9.87. The number of aliphatic hydroxyl groups is 1. The summed E-state index contributed by atoms with van der Waals surface area (Å²) in [6.45, 7) is 1.88. The zero-order valence-corrected chi connectivity index (χ0v) is 16.1. The fourth-order valence-corrected chi connectivity index (χ4v) is 3.88. The van der Waals surface area contributed by atoms with Crippen molar-refractivity contribution in [3.63, 3.8) is 0 Å². The highest BCUT2D eigenvalue weighted by Crippen LogP contribution is 2.38. The van der Waals surface area contributed by atoms with Crippen LogP contribution in [0.4, 0.5) is 0 Å². The van der Waals surface area contributed by atoms with Crippen LogP contribution in [0.25, 0.3) is 0 Å². The van der Waals surface area contributed by atoms with Crippen molar-refractivity contribution in [3.05, 3.63) is 54.4 Å². The first kappa shape index (κ1) is 20.3. The Morgan fingerprint density at radius 1 is 1.32 bits per heavy atom. The van der Waals surface area contributed by atoms with E-state index in [1.807, 2.05) is 6.92 Å². The van der Waals surface area contributed by atoms with Crippen LogP contribution in [0.3, 0.4) is 0 Å². The van der Waals surface area contributed by atoms with Crippen LogP contribution in [-0.2, 0) is 14.3 Å². The number of fused-ring (bicyclic) bond motifs is 1. The molecule has 150 valence electrons. The molecule has 1 fully saturated rings. The molecule has 1 aromatic heterocycles. The normalized spacial score (nSPS) is 33.4. The Morgan fingerprint density at radius 3 is 2.96 bits per heavy atom. The number of aromatic nitrogens is 1. The van der Waals surface area contributed by atoms with Crippen LogP contribution in [0.1, 0.15) is 49.4 Å². The predicted molar refractivity (Wildman–Crippen MR) is 103 cm³/mol. The molecule has 3 rings (SSSR count). The average molecular weight is 385 g/mol. The molecule has 0 bridgehead atoms. The topological polar surface area (TPSA) is 85.7 Å². The van der Waals surface area contributed by atoms with Crippen LogP contribution >= 0.6 is 0 Å². The number of allylic oxidation sites excluding steroid dienone is 2. The van der Waals surface area contributed by atoms with Gasteiger partial charge < -0.3 is 14.6 Å². The number of hydrogen-bond donors (Lipinski definition) is 1. The number of pyridine rings is 1. The number of hydrogen-bond acceptors (Lipinski definition) is 6. The number of rotatable bonds is 2. The molecule has 0 unspecified atom stereocenters. The maximum absolute atomic E-state index is 12.3. The Morgan fingerprint density at radius 2 is 2.18 bits per heavy atom. The Kier molecular flexibility index (Phi) is 6.98. The van der Waals surface area contributed by atoms with Crippen molar-refractivity contribution in [2.75, 3.05) is 0 Å². The molecule has 2 aliphatic rings. The first-order valence-electron chi connectivity index (χ1n) is 9.87. The summed E-state index contributed by atoms with van der Waals surface area (Å²) in [6, 6.07) is 3.36. The molecule has 0 radical (unpaired) electrons. The zero-order chi connectivity index (χ0) is 19.9. The summed E-state index contributed by atoms with van der Waals surface area (Å²) in [5, 5.41) is 10.6. The van der Waals surface area contributed by atoms with Crippen molar-refractivity contribution in [2.24, 2.45) is 11.8 Å². The molecular formula is C22H27NO5. The van der Waals surface area contributed by atoms with E-state index in [2.05, 4.69) is 17.1 Å². The Labute approximate surface area is 165 Å². The van der Waals surface area contributed by atoms with Gasteiger partial charge in [-0.2, -0.15) is 0 Å². The molecule has 6 nitrogen and oxygen atoms in total. The largest absolute Gasteiger partial charge is 0.460 e. The summed E-state index contributed by atoms with van der Waals surface area (Å²) in [5.74, 6) is -0.878. The second kappa shape index (κ2) is 9.64. The van der Waals surface area contributed by atoms with Crippen molar-refractivity contribution in [3.8, 4) is 0 Å². The van der Waals surface area contributed by atoms with Crippen LogP contribution < -0.4 is 0 Å². The van der Waals surface area contributed by atoms with E-state index >= 15 is 0 Å². The predicted octanol–water partition coefficient (Wildman–Crippen LogP) is 3.22. The molecule has 28 heavy (non-hydrogen) atoms. The van der Waals surface area contributed by atoms with E-state index in [1.54, 1.807) is 18.3 Å². The molecule has 0 amide bonds. The highest BCUT2D eigenvalue weighted by molar-refractivity contribution is 5.89. The summed E-state index contributed by atoms with van der Waals surface area (Å²) in [4.78, 5) is 28.2. The van der Waals surface area contributed by atoms with E-state index in [0.29, 0.717) is 18.4 Å². The van der Waals surface area contributed by atoms with Gasteiger partial charge in [-0.05, 0) is 69.1 Å². The molecule has 1 aliphatic carbocycles. The zero-order valence-electron chi connectivity index (χ0n) is 16.1. The lowest BCUT2D eigenvalue weighted by atomic mass is 9.90. The molecule has 5 atom stereocenters. The van der Waals surface area contributed by atoms with E-state index in [1.165, 1.54) is 18.3 Å². The van der Waals surface area contributed by atoms with Gasteiger partial charge in [0.1, 0.15) is 6.10 Å². The summed E-state index contributed by atoms with van der Waals surface area (Å²) < 4.78 is 11.0. The lowest BCUT2D eigenvalue weighted by molar-refractivity contribution is -0.142. The van der Waals surface area contributed by atoms with E-state index < -0.39 is 18.0 Å². The minimum atomic E-state index is -0.805. The quantitative estimate of drug-likeness (QED) is 0.621. The molecular weight excluding hydrogens is 358 g/mol. The second-order valence-corrected chi connectivity index (χ2v) is 7.52. The summed E-state index contributed by atoms with van der Waals surface area (Å²) >= 11 is 0. The van der Waals surface area contributed by atoms with Crippen molar-refractivity contribution in [1.82, 2.24) is 4.98 Å². The van der Waals surface area contributed by atoms with Crippen LogP contribution in [0.5, 0.6) is 0 Å². The van der Waals surface area contributed by atoms with Gasteiger partial charge in [-0.3, -0.25) is 4.98 Å². The second-order valence-electron chi connectivity index (χ2n) is 7.52. The summed E-state index contributed by atoms with van der Waals surface area (Å²) in [6.07, 6.45) is 12.7. The fourth-order valence-electron chi connectivity index (χ4n) is 3.88. The molecule has 1 saturated carbocycles. The third-order valence-electron chi connectivity index (χ3n) is 5.34. The number of aliphatic hydroxyl groups excluding tert-OH is 1. The van der Waals surface area contributed by atoms with Crippen molar-refractivity contribution >= 4 is 11.9 Å². The monoisotopic (exact) mass is 385 g/mol. The lowest BCUT2D eigenvalue weighted by Gasteiger charge is -2.19. The SMILES string of the molecule is C[C@H]1CCC/C=C/[C@@H]2C[C@H](OC(=O)c3cccnc3)C[C@H]2[C@H](O)/C=C/C(=O)O1. The third kappa shape index (κ3) is 5.52. The Bertz CT molecular complexity index is 730. The fraction of sp³-hybridized carbons (Fsp3) is 0.500. The average Bonchev–Trinajstić information content (AvgIpc) is 3.08. The minimum Gasteiger partial charge on any atom is -0.460 e. The first-order chi connectivity index (χ1) is 13.5. The number of carbonyl (C=O) groups excluding carboxylic acids is 2. The van der Waals surface area contributed by atoms with Gasteiger partial charge in [-0.15, -0.1) is 0 Å². The number of nitrogens with zero attached hydrogens (tertiary/aromatic N) is 1. The van der Waals surface area contributed by atoms with Crippen LogP contribution in [-0.4, -0.2) is 40.3 Å². The number of carbonyl (C=O) groups is 2. The molecule has 1 N–H and O–H groups in total. The Hall–Kier alpha value is -2.47. The van der Waals surface area contributed by atoms with Crippen LogP contribution in [0.2, 0.25) is 0 Å². The van der Waals surface area contributed by atoms with E-state index in [0.717, 1.165) is 19.3 Å². The molecule has 1 aromatic rings. The third-order valence-corrected chi connectivity index (χ3v) is 5.34. The maximum atomic E-state index is 12.3. The Balaban J connectivity index is 1.69. The van der Waals surface area contributed by atoms with Gasteiger partial charge in [0.05, 0.1) is 17.8 Å². The molecule has 0 aromatic carbocycles. The van der Waals surface area contributed by atoms with E-state index in [9.17, 15) is 14.7 Å². The maximum Gasteiger partial charge on any atom is 0.339 e. The standard InChI is InChI=1S/C22H27NO5/c1-15-6-3-2-4-7-16-12-18(28-22(26)17-8-5-11-23-14-17)13-19(16)20(24)9-10-21(25)27-15/h4-5,7-11,14-16,18-20,24H,2-3,6,12-13H2,1H3/b7-4+,10-9+/t15-,16+,18-,19+,20+/m0/s1. The van der Waals surface area contributed by atoms with E-state index in [4.69, 9.17) is 9.47 Å². The smallest absolute Gasteiger partial charge is 0.339 e. The van der Waals surface area contributed by atoms with Gasteiger partial charge in [-0.1, -0.05) is 12.2 Å². The minimum absolute atomic E-state index is 0.0838. The lowest BCUT2D eigenvalue weighted by Crippen LogP contribution is -2.22. The summed E-state index contributed by atoms with van der Waals surface area (Å²) in [5.41, 5.74) is 0.414. The van der Waals surface area contributed by atoms with E-state index in [-0.39, 0.29) is 24.0 Å². The van der Waals surface area contributed by atoms with Crippen molar-refractivity contribution in [2.45, 2.75) is 57.3 Å². The highest BCUT2D eigenvalue weighted by Gasteiger charge is 2.38. The molecule has 6 heteroatoms. The van der Waals surface area contributed by atoms with Crippen LogP contribution in [0.15, 0.2) is 48.8 Å². The van der Waals surface area contributed by atoms with Crippen molar-refractivity contribution in [1.29, 1.82) is 0 Å². The molecule has 1 aliphatic heterocycles. The van der Waals surface area contributed by atoms with Gasteiger partial charge >= 0.3 is 11.9 Å². The van der Waals surface area contributed by atoms with Gasteiger partial charge in [0.2, 0.25) is 0 Å². The molecule has 2 heterocycles. The van der Waals surface area contributed by atoms with Gasteiger partial charge in [0.15, 0.2) is 0 Å². The van der Waals surface area contributed by atoms with Gasteiger partial charge in [0.25, 0.3) is 0 Å². The van der Waals surface area contributed by atoms with Crippen molar-refractivity contribution < 1.29 is 24.2 Å². The molecule has 0 spiro atoms.